The van der Waals surface area contributed by atoms with E-state index in [4.69, 9.17) is 14.2 Å². The van der Waals surface area contributed by atoms with Gasteiger partial charge in [0.15, 0.2) is 17.3 Å². The summed E-state index contributed by atoms with van der Waals surface area (Å²) < 4.78 is 45.7. The highest BCUT2D eigenvalue weighted by molar-refractivity contribution is 7.92. The molecule has 0 atom stereocenters. The Labute approximate surface area is 195 Å². The maximum atomic E-state index is 13.2. The van der Waals surface area contributed by atoms with Crippen molar-refractivity contribution in [1.82, 2.24) is 9.97 Å². The van der Waals surface area contributed by atoms with Crippen LogP contribution in [0.3, 0.4) is 0 Å². The predicted octanol–water partition coefficient (Wildman–Crippen LogP) is 4.20. The molecule has 1 aliphatic heterocycles. The first-order valence-corrected chi connectivity index (χ1v) is 11.9. The molecule has 9 nitrogen and oxygen atoms in total. The van der Waals surface area contributed by atoms with Crippen molar-refractivity contribution in [2.75, 3.05) is 17.9 Å². The van der Waals surface area contributed by atoms with Gasteiger partial charge in [-0.1, -0.05) is 12.1 Å². The normalized spacial score (nSPS) is 12.9. The molecule has 0 amide bonds. The van der Waals surface area contributed by atoms with Crippen molar-refractivity contribution in [3.8, 4) is 23.1 Å². The van der Waals surface area contributed by atoms with Crippen LogP contribution in [0.15, 0.2) is 71.6 Å². The lowest BCUT2D eigenvalue weighted by Gasteiger charge is -2.19. The third-order valence-electron chi connectivity index (χ3n) is 5.07. The summed E-state index contributed by atoms with van der Waals surface area (Å²) >= 11 is 0. The number of ether oxygens (including phenoxy) is 3. The largest absolute Gasteiger partial charge is 0.486 e. The third-order valence-corrected chi connectivity index (χ3v) is 6.41. The second-order valence-electron chi connectivity index (χ2n) is 7.46. The molecule has 0 unspecified atom stereocenters. The molecule has 10 heteroatoms. The van der Waals surface area contributed by atoms with E-state index in [2.05, 4.69) is 14.7 Å². The molecule has 0 saturated heterocycles. The molecule has 1 N–H and O–H groups in total. The molecule has 0 spiro atoms. The van der Waals surface area contributed by atoms with Gasteiger partial charge in [0.05, 0.1) is 15.9 Å². The summed E-state index contributed by atoms with van der Waals surface area (Å²) in [7, 11) is -4.06. The summed E-state index contributed by atoms with van der Waals surface area (Å²) in [5.74, 6) is 1.01. The van der Waals surface area contributed by atoms with Gasteiger partial charge in [-0.2, -0.15) is 0 Å². The van der Waals surface area contributed by atoms with Gasteiger partial charge in [-0.15, -0.1) is 0 Å². The van der Waals surface area contributed by atoms with Crippen LogP contribution in [0.25, 0.3) is 11.0 Å². The van der Waals surface area contributed by atoms with E-state index in [1.165, 1.54) is 19.1 Å². The highest BCUT2D eigenvalue weighted by Crippen LogP contribution is 2.34. The molecule has 3 aromatic carbocycles. The lowest BCUT2D eigenvalue weighted by molar-refractivity contribution is 0.101. The topological polar surface area (TPSA) is 117 Å². The maximum Gasteiger partial charge on any atom is 0.264 e. The highest BCUT2D eigenvalue weighted by Gasteiger charge is 2.23. The Morgan fingerprint density at radius 3 is 2.29 bits per heavy atom. The minimum atomic E-state index is -4.06. The second kappa shape index (κ2) is 8.64. The van der Waals surface area contributed by atoms with Gasteiger partial charge in [0.1, 0.15) is 19.0 Å². The van der Waals surface area contributed by atoms with Crippen LogP contribution in [0.2, 0.25) is 0 Å². The number of anilines is 1. The number of benzene rings is 3. The Bertz CT molecular complexity index is 1500. The molecule has 172 valence electrons. The SMILES string of the molecule is CC(=O)c1ccc(Oc2nc3ccccc3nc2NS(=O)(=O)c2ccc3c(c2)OCCO3)cc1. The summed E-state index contributed by atoms with van der Waals surface area (Å²) in [6.45, 7) is 2.20. The van der Waals surface area contributed by atoms with Crippen molar-refractivity contribution in [2.45, 2.75) is 11.8 Å². The van der Waals surface area contributed by atoms with E-state index in [0.717, 1.165) is 0 Å². The standard InChI is InChI=1S/C24H19N3O6S/c1-15(28)16-6-8-17(9-7-16)33-24-23(25-19-4-2-3-5-20(19)26-24)27-34(29,30)18-10-11-21-22(14-18)32-13-12-31-21/h2-11,14H,12-13H2,1H3,(H,25,27). The van der Waals surface area contributed by atoms with Gasteiger partial charge in [-0.05, 0) is 55.5 Å². The number of hydrogen-bond donors (Lipinski definition) is 1. The summed E-state index contributed by atoms with van der Waals surface area (Å²) in [5, 5.41) is 0. The lowest BCUT2D eigenvalue weighted by Crippen LogP contribution is -2.18. The fraction of sp³-hybridized carbons (Fsp3) is 0.125. The molecule has 0 saturated carbocycles. The van der Waals surface area contributed by atoms with Gasteiger partial charge in [-0.25, -0.2) is 18.4 Å². The number of ketones is 1. The molecule has 2 heterocycles. The van der Waals surface area contributed by atoms with Gasteiger partial charge in [0, 0.05) is 11.6 Å². The van der Waals surface area contributed by atoms with E-state index in [1.54, 1.807) is 54.6 Å². The van der Waals surface area contributed by atoms with E-state index in [1.807, 2.05) is 0 Å². The molecule has 0 aliphatic carbocycles. The number of fused-ring (bicyclic) bond motifs is 2. The van der Waals surface area contributed by atoms with Gasteiger partial charge in [0.2, 0.25) is 5.82 Å². The first-order valence-electron chi connectivity index (χ1n) is 10.4. The molecule has 1 aromatic heterocycles. The zero-order valence-electron chi connectivity index (χ0n) is 18.0. The lowest BCUT2D eigenvalue weighted by atomic mass is 10.1. The van der Waals surface area contributed by atoms with Gasteiger partial charge in [-0.3, -0.25) is 9.52 Å². The molecule has 0 fully saturated rings. The number of carbonyl (C=O) groups is 1. The minimum Gasteiger partial charge on any atom is -0.486 e. The molecule has 4 aromatic rings. The van der Waals surface area contributed by atoms with Crippen molar-refractivity contribution < 1.29 is 27.4 Å². The monoisotopic (exact) mass is 477 g/mol. The second-order valence-corrected chi connectivity index (χ2v) is 9.14. The molecular formula is C24H19N3O6S. The Kier molecular flexibility index (Phi) is 5.50. The number of Topliss-reactive ketones (excluding diaryl/α,β-unsaturated/α-hetero) is 1. The van der Waals surface area contributed by atoms with Crippen LogP contribution in [0.4, 0.5) is 5.82 Å². The minimum absolute atomic E-state index is 0.0246. The van der Waals surface area contributed by atoms with E-state index in [9.17, 15) is 13.2 Å². The van der Waals surface area contributed by atoms with E-state index < -0.39 is 10.0 Å². The van der Waals surface area contributed by atoms with E-state index >= 15 is 0 Å². The molecular weight excluding hydrogens is 458 g/mol. The van der Waals surface area contributed by atoms with Crippen molar-refractivity contribution >= 4 is 32.7 Å². The Morgan fingerprint density at radius 1 is 0.912 bits per heavy atom. The molecule has 0 radical (unpaired) electrons. The number of hydrogen-bond acceptors (Lipinski definition) is 8. The van der Waals surface area contributed by atoms with Crippen LogP contribution < -0.4 is 18.9 Å². The number of sulfonamides is 1. The zero-order valence-corrected chi connectivity index (χ0v) is 18.8. The van der Waals surface area contributed by atoms with Gasteiger partial charge in [0.25, 0.3) is 15.9 Å². The summed E-state index contributed by atoms with van der Waals surface area (Å²) in [6.07, 6.45) is 0. The average Bonchev–Trinajstić information content (AvgIpc) is 2.84. The third kappa shape index (κ3) is 4.35. The van der Waals surface area contributed by atoms with Crippen LogP contribution in [0.5, 0.6) is 23.1 Å². The number of nitrogens with one attached hydrogen (secondary N) is 1. The van der Waals surface area contributed by atoms with E-state index in [0.29, 0.717) is 47.1 Å². The van der Waals surface area contributed by atoms with Crippen LogP contribution in [-0.4, -0.2) is 37.4 Å². The molecule has 5 rings (SSSR count). The zero-order chi connectivity index (χ0) is 23.7. The van der Waals surface area contributed by atoms with Crippen molar-refractivity contribution in [1.29, 1.82) is 0 Å². The highest BCUT2D eigenvalue weighted by atomic mass is 32.2. The van der Waals surface area contributed by atoms with Crippen molar-refractivity contribution in [3.05, 3.63) is 72.3 Å². The number of carbonyl (C=O) groups excluding carboxylic acids is 1. The Hall–Kier alpha value is -4.18. The summed E-state index contributed by atoms with van der Waals surface area (Å²) in [6, 6.07) is 17.8. The molecule has 1 aliphatic rings. The summed E-state index contributed by atoms with van der Waals surface area (Å²) in [5.41, 5.74) is 1.54. The summed E-state index contributed by atoms with van der Waals surface area (Å²) in [4.78, 5) is 20.4. The predicted molar refractivity (Wildman–Crippen MR) is 124 cm³/mol. The van der Waals surface area contributed by atoms with E-state index in [-0.39, 0.29) is 22.4 Å². The quantitative estimate of drug-likeness (QED) is 0.411. The van der Waals surface area contributed by atoms with Crippen LogP contribution in [0.1, 0.15) is 17.3 Å². The van der Waals surface area contributed by atoms with Crippen molar-refractivity contribution in [2.24, 2.45) is 0 Å². The number of para-hydroxylation sites is 2. The number of rotatable bonds is 6. The van der Waals surface area contributed by atoms with Crippen LogP contribution in [0, 0.1) is 0 Å². The molecule has 0 bridgehead atoms. The van der Waals surface area contributed by atoms with Crippen LogP contribution >= 0.6 is 0 Å². The molecule has 34 heavy (non-hydrogen) atoms. The van der Waals surface area contributed by atoms with Crippen LogP contribution in [-0.2, 0) is 10.0 Å². The smallest absolute Gasteiger partial charge is 0.264 e. The van der Waals surface area contributed by atoms with Gasteiger partial charge >= 0.3 is 0 Å². The van der Waals surface area contributed by atoms with Gasteiger partial charge < -0.3 is 14.2 Å². The fourth-order valence-corrected chi connectivity index (χ4v) is 4.38. The number of aromatic nitrogens is 2. The average molecular weight is 477 g/mol. The first-order chi connectivity index (χ1) is 16.4. The number of nitrogens with zero attached hydrogens (tertiary/aromatic N) is 2. The fourth-order valence-electron chi connectivity index (χ4n) is 3.37. The Balaban J connectivity index is 1.52. The van der Waals surface area contributed by atoms with Crippen molar-refractivity contribution in [3.63, 3.8) is 0 Å². The maximum absolute atomic E-state index is 13.2. The Morgan fingerprint density at radius 2 is 1.59 bits per heavy atom. The first kappa shape index (κ1) is 21.7.